The molecular formula is C11H23ClN2O2. The number of hydrogen-bond acceptors (Lipinski definition) is 3. The molecule has 1 fully saturated rings. The summed E-state index contributed by atoms with van der Waals surface area (Å²) in [5.41, 5.74) is 5.86. The predicted molar refractivity (Wildman–Crippen MR) is 66.7 cm³/mol. The molecule has 1 heterocycles. The van der Waals surface area contributed by atoms with Gasteiger partial charge in [0.05, 0.1) is 12.1 Å². The van der Waals surface area contributed by atoms with Crippen molar-refractivity contribution in [3.8, 4) is 0 Å². The quantitative estimate of drug-likeness (QED) is 0.797. The fourth-order valence-corrected chi connectivity index (χ4v) is 1.69. The summed E-state index contributed by atoms with van der Waals surface area (Å²) in [7, 11) is 0. The van der Waals surface area contributed by atoms with Gasteiger partial charge in [0.2, 0.25) is 5.91 Å². The molecule has 1 aliphatic heterocycles. The molecule has 2 atom stereocenters. The van der Waals surface area contributed by atoms with E-state index in [1.54, 1.807) is 0 Å². The maximum atomic E-state index is 12.0. The van der Waals surface area contributed by atoms with Gasteiger partial charge in [-0.3, -0.25) is 4.79 Å². The van der Waals surface area contributed by atoms with Gasteiger partial charge in [-0.2, -0.15) is 0 Å². The second kappa shape index (κ2) is 7.09. The zero-order valence-corrected chi connectivity index (χ0v) is 11.1. The lowest BCUT2D eigenvalue weighted by molar-refractivity contribution is -0.134. The summed E-state index contributed by atoms with van der Waals surface area (Å²) in [5.74, 6) is 0.249. The number of nitrogens with two attached hydrogens (primary N) is 1. The van der Waals surface area contributed by atoms with Crippen LogP contribution in [0.15, 0.2) is 0 Å². The Hall–Kier alpha value is -0.320. The SMILES string of the molecule is CC1CN(C(=O)C(N)C(C)C)CCCO1.Cl. The van der Waals surface area contributed by atoms with Gasteiger partial charge in [0.15, 0.2) is 0 Å². The molecule has 2 unspecified atom stereocenters. The van der Waals surface area contributed by atoms with Crippen molar-refractivity contribution in [2.45, 2.75) is 39.3 Å². The molecule has 2 N–H and O–H groups in total. The van der Waals surface area contributed by atoms with E-state index in [0.29, 0.717) is 6.54 Å². The van der Waals surface area contributed by atoms with Gasteiger partial charge >= 0.3 is 0 Å². The molecule has 4 nitrogen and oxygen atoms in total. The van der Waals surface area contributed by atoms with Crippen LogP contribution in [0.25, 0.3) is 0 Å². The van der Waals surface area contributed by atoms with Gasteiger partial charge in [0, 0.05) is 19.7 Å². The maximum absolute atomic E-state index is 12.0. The fraction of sp³-hybridized carbons (Fsp3) is 0.909. The zero-order valence-electron chi connectivity index (χ0n) is 10.3. The molecule has 16 heavy (non-hydrogen) atoms. The largest absolute Gasteiger partial charge is 0.377 e. The van der Waals surface area contributed by atoms with Crippen LogP contribution in [0.2, 0.25) is 0 Å². The molecule has 1 saturated heterocycles. The van der Waals surface area contributed by atoms with Gasteiger partial charge in [-0.05, 0) is 19.3 Å². The summed E-state index contributed by atoms with van der Waals surface area (Å²) in [4.78, 5) is 13.8. The monoisotopic (exact) mass is 250 g/mol. The number of halogens is 1. The Bertz CT molecular complexity index is 224. The van der Waals surface area contributed by atoms with Crippen molar-refractivity contribution in [3.05, 3.63) is 0 Å². The molecule has 0 spiro atoms. The Balaban J connectivity index is 0.00000225. The van der Waals surface area contributed by atoms with E-state index in [2.05, 4.69) is 0 Å². The van der Waals surface area contributed by atoms with E-state index in [1.165, 1.54) is 0 Å². The Morgan fingerprint density at radius 1 is 1.50 bits per heavy atom. The summed E-state index contributed by atoms with van der Waals surface area (Å²) in [6, 6.07) is -0.379. The fourth-order valence-electron chi connectivity index (χ4n) is 1.69. The van der Waals surface area contributed by atoms with Crippen LogP contribution < -0.4 is 5.73 Å². The Kier molecular flexibility index (Phi) is 6.95. The van der Waals surface area contributed by atoms with Crippen LogP contribution in [0.3, 0.4) is 0 Å². The number of hydrogen-bond donors (Lipinski definition) is 1. The van der Waals surface area contributed by atoms with E-state index in [-0.39, 0.29) is 36.4 Å². The minimum Gasteiger partial charge on any atom is -0.377 e. The highest BCUT2D eigenvalue weighted by Crippen LogP contribution is 2.09. The van der Waals surface area contributed by atoms with Crippen molar-refractivity contribution in [3.63, 3.8) is 0 Å². The van der Waals surface area contributed by atoms with Crippen molar-refractivity contribution >= 4 is 18.3 Å². The lowest BCUT2D eigenvalue weighted by Gasteiger charge is -2.26. The van der Waals surface area contributed by atoms with Gasteiger partial charge in [0.25, 0.3) is 0 Å². The van der Waals surface area contributed by atoms with Crippen molar-refractivity contribution in [1.29, 1.82) is 0 Å². The minimum atomic E-state index is -0.379. The van der Waals surface area contributed by atoms with Crippen LogP contribution >= 0.6 is 12.4 Å². The number of carbonyl (C=O) groups excluding carboxylic acids is 1. The van der Waals surface area contributed by atoms with E-state index >= 15 is 0 Å². The molecule has 0 bridgehead atoms. The zero-order chi connectivity index (χ0) is 11.4. The summed E-state index contributed by atoms with van der Waals surface area (Å²) >= 11 is 0. The first kappa shape index (κ1) is 15.7. The van der Waals surface area contributed by atoms with Crippen molar-refractivity contribution in [1.82, 2.24) is 4.90 Å². The van der Waals surface area contributed by atoms with Crippen LogP contribution in [0, 0.1) is 5.92 Å². The molecule has 0 aromatic carbocycles. The van der Waals surface area contributed by atoms with Gasteiger partial charge in [-0.1, -0.05) is 13.8 Å². The van der Waals surface area contributed by atoms with E-state index in [1.807, 2.05) is 25.7 Å². The van der Waals surface area contributed by atoms with Gasteiger partial charge in [-0.15, -0.1) is 12.4 Å². The third kappa shape index (κ3) is 4.28. The van der Waals surface area contributed by atoms with E-state index in [4.69, 9.17) is 10.5 Å². The molecule has 1 aliphatic rings. The molecule has 5 heteroatoms. The lowest BCUT2D eigenvalue weighted by Crippen LogP contribution is -2.48. The number of nitrogens with zero attached hydrogens (tertiary/aromatic N) is 1. The molecule has 0 saturated carbocycles. The van der Waals surface area contributed by atoms with E-state index in [0.717, 1.165) is 19.6 Å². The maximum Gasteiger partial charge on any atom is 0.239 e. The van der Waals surface area contributed by atoms with Crippen LogP contribution in [0.5, 0.6) is 0 Å². The Labute approximate surface area is 104 Å². The molecule has 0 aromatic rings. The van der Waals surface area contributed by atoms with Gasteiger partial charge in [-0.25, -0.2) is 0 Å². The second-order valence-corrected chi connectivity index (χ2v) is 4.59. The first-order chi connectivity index (χ1) is 7.02. The van der Waals surface area contributed by atoms with Crippen LogP contribution in [-0.4, -0.2) is 42.6 Å². The number of rotatable bonds is 2. The number of amides is 1. The number of ether oxygens (including phenoxy) is 1. The van der Waals surface area contributed by atoms with Gasteiger partial charge in [0.1, 0.15) is 0 Å². The smallest absolute Gasteiger partial charge is 0.239 e. The highest BCUT2D eigenvalue weighted by Gasteiger charge is 2.25. The molecule has 1 amide bonds. The molecule has 0 aliphatic carbocycles. The highest BCUT2D eigenvalue weighted by molar-refractivity contribution is 5.85. The summed E-state index contributed by atoms with van der Waals surface area (Å²) < 4.78 is 5.49. The number of carbonyl (C=O) groups is 1. The van der Waals surface area contributed by atoms with E-state index < -0.39 is 0 Å². The lowest BCUT2D eigenvalue weighted by atomic mass is 10.0. The van der Waals surface area contributed by atoms with Crippen molar-refractivity contribution in [2.24, 2.45) is 11.7 Å². The standard InChI is InChI=1S/C11H22N2O2.ClH/c1-8(2)10(12)11(14)13-5-4-6-15-9(3)7-13;/h8-10H,4-7,12H2,1-3H3;1H. The molecule has 0 aromatic heterocycles. The molecule has 0 radical (unpaired) electrons. The van der Waals surface area contributed by atoms with Crippen LogP contribution in [0.4, 0.5) is 0 Å². The third-order valence-electron chi connectivity index (χ3n) is 2.77. The van der Waals surface area contributed by atoms with Crippen molar-refractivity contribution < 1.29 is 9.53 Å². The summed E-state index contributed by atoms with van der Waals surface area (Å²) in [6.45, 7) is 8.11. The molecule has 96 valence electrons. The molecular weight excluding hydrogens is 228 g/mol. The average Bonchev–Trinajstić information content (AvgIpc) is 2.40. The highest BCUT2D eigenvalue weighted by atomic mass is 35.5. The van der Waals surface area contributed by atoms with Crippen molar-refractivity contribution in [2.75, 3.05) is 19.7 Å². The first-order valence-electron chi connectivity index (χ1n) is 5.68. The Morgan fingerprint density at radius 2 is 2.12 bits per heavy atom. The van der Waals surface area contributed by atoms with Gasteiger partial charge < -0.3 is 15.4 Å². The second-order valence-electron chi connectivity index (χ2n) is 4.59. The van der Waals surface area contributed by atoms with E-state index in [9.17, 15) is 4.79 Å². The van der Waals surface area contributed by atoms with Crippen LogP contribution in [-0.2, 0) is 9.53 Å². The summed E-state index contributed by atoms with van der Waals surface area (Å²) in [5, 5.41) is 0. The first-order valence-corrected chi connectivity index (χ1v) is 5.68. The predicted octanol–water partition coefficient (Wildman–Crippen LogP) is 1.03. The topological polar surface area (TPSA) is 55.6 Å². The van der Waals surface area contributed by atoms with Crippen LogP contribution in [0.1, 0.15) is 27.2 Å². The third-order valence-corrected chi connectivity index (χ3v) is 2.77. The molecule has 1 rings (SSSR count). The summed E-state index contributed by atoms with van der Waals surface area (Å²) in [6.07, 6.45) is 1.02. The average molecular weight is 251 g/mol. The Morgan fingerprint density at radius 3 is 2.69 bits per heavy atom. The minimum absolute atomic E-state index is 0. The normalized spacial score (nSPS) is 23.6.